The van der Waals surface area contributed by atoms with E-state index in [0.717, 1.165) is 22.9 Å². The van der Waals surface area contributed by atoms with Crippen molar-refractivity contribution >= 4 is 68.1 Å². The maximum atomic E-state index is 12.9. The lowest BCUT2D eigenvalue weighted by molar-refractivity contribution is -0.123. The number of benzene rings is 3. The van der Waals surface area contributed by atoms with E-state index in [0.29, 0.717) is 36.5 Å². The Morgan fingerprint density at radius 1 is 1.06 bits per heavy atom. The Hall–Kier alpha value is -2.45. The molecule has 0 atom stereocenters. The van der Waals surface area contributed by atoms with Crippen molar-refractivity contribution in [3.8, 4) is 11.5 Å². The van der Waals surface area contributed by atoms with Gasteiger partial charge in [-0.05, 0) is 75.2 Å². The lowest BCUT2D eigenvalue weighted by Gasteiger charge is -2.14. The summed E-state index contributed by atoms with van der Waals surface area (Å²) in [7, 11) is 1.54. The zero-order valence-corrected chi connectivity index (χ0v) is 21.8. The number of nitrogens with zero attached hydrogens (tertiary/aromatic N) is 1. The van der Waals surface area contributed by atoms with E-state index in [-0.39, 0.29) is 24.3 Å². The molecule has 1 heterocycles. The van der Waals surface area contributed by atoms with E-state index in [9.17, 15) is 9.59 Å². The summed E-state index contributed by atoms with van der Waals surface area (Å²) >= 11 is 16.6. The number of carbonyl (C=O) groups is 2. The van der Waals surface area contributed by atoms with Crippen LogP contribution in [0.1, 0.15) is 16.7 Å². The molecule has 1 aliphatic heterocycles. The molecule has 3 aromatic carbocycles. The fourth-order valence-electron chi connectivity index (χ4n) is 3.29. The number of hydrogen-bond acceptors (Lipinski definition) is 5. The van der Waals surface area contributed by atoms with Crippen LogP contribution < -0.4 is 9.47 Å². The number of halogens is 3. The number of carbonyl (C=O) groups excluding carboxylic acids is 2. The average molecular weight is 579 g/mol. The van der Waals surface area contributed by atoms with Crippen LogP contribution in [0.25, 0.3) is 6.08 Å². The molecule has 1 aliphatic rings. The summed E-state index contributed by atoms with van der Waals surface area (Å²) in [4.78, 5) is 26.9. The first-order valence-corrected chi connectivity index (χ1v) is 12.5. The van der Waals surface area contributed by atoms with Crippen LogP contribution >= 0.6 is 50.9 Å². The van der Waals surface area contributed by atoms with Crippen LogP contribution in [-0.2, 0) is 17.9 Å². The molecule has 34 heavy (non-hydrogen) atoms. The minimum atomic E-state index is -0.348. The molecule has 0 bridgehead atoms. The van der Waals surface area contributed by atoms with Crippen molar-refractivity contribution in [1.29, 1.82) is 0 Å². The maximum absolute atomic E-state index is 12.9. The summed E-state index contributed by atoms with van der Waals surface area (Å²) in [6, 6.07) is 18.0. The van der Waals surface area contributed by atoms with Crippen LogP contribution in [0.15, 0.2) is 70.0 Å². The first kappa shape index (κ1) is 24.7. The standard InChI is InChI=1S/C25H18BrCl2NO4S/c1-32-21-11-16(10-19(26)23(21)33-14-17-4-2-3-5-20(17)28)12-22-24(30)29(25(31)34-22)13-15-6-8-18(27)9-7-15/h2-12H,13-14H2,1H3/b22-12-. The van der Waals surface area contributed by atoms with Crippen molar-refractivity contribution in [3.63, 3.8) is 0 Å². The Labute approximate surface area is 219 Å². The number of hydrogen-bond donors (Lipinski definition) is 0. The van der Waals surface area contributed by atoms with Gasteiger partial charge in [0.05, 0.1) is 23.0 Å². The van der Waals surface area contributed by atoms with E-state index in [1.54, 1.807) is 48.5 Å². The molecule has 2 amide bonds. The highest BCUT2D eigenvalue weighted by Crippen LogP contribution is 2.40. The van der Waals surface area contributed by atoms with Gasteiger partial charge in [0.1, 0.15) is 6.61 Å². The lowest BCUT2D eigenvalue weighted by atomic mass is 10.1. The van der Waals surface area contributed by atoms with Crippen molar-refractivity contribution in [2.24, 2.45) is 0 Å². The molecule has 1 fully saturated rings. The molecule has 0 saturated carbocycles. The highest BCUT2D eigenvalue weighted by Gasteiger charge is 2.35. The lowest BCUT2D eigenvalue weighted by Crippen LogP contribution is -2.27. The van der Waals surface area contributed by atoms with E-state index in [2.05, 4.69) is 15.9 Å². The Morgan fingerprint density at radius 3 is 2.50 bits per heavy atom. The highest BCUT2D eigenvalue weighted by molar-refractivity contribution is 9.10. The number of thioether (sulfide) groups is 1. The first-order chi connectivity index (χ1) is 16.4. The number of methoxy groups -OCH3 is 1. The van der Waals surface area contributed by atoms with Crippen molar-refractivity contribution in [2.45, 2.75) is 13.2 Å². The van der Waals surface area contributed by atoms with Gasteiger partial charge in [0.2, 0.25) is 0 Å². The van der Waals surface area contributed by atoms with Crippen molar-refractivity contribution in [1.82, 2.24) is 4.90 Å². The van der Waals surface area contributed by atoms with Crippen LogP contribution in [0.5, 0.6) is 11.5 Å². The number of rotatable bonds is 7. The molecule has 4 rings (SSSR count). The van der Waals surface area contributed by atoms with Crippen LogP contribution in [0.4, 0.5) is 4.79 Å². The van der Waals surface area contributed by atoms with Gasteiger partial charge in [-0.3, -0.25) is 14.5 Å². The summed E-state index contributed by atoms with van der Waals surface area (Å²) in [5, 5.41) is 0.886. The van der Waals surface area contributed by atoms with E-state index in [4.69, 9.17) is 32.7 Å². The molecular weight excluding hydrogens is 561 g/mol. The second-order valence-corrected chi connectivity index (χ2v) is 10.00. The second kappa shape index (κ2) is 10.9. The third kappa shape index (κ3) is 5.61. The fourth-order valence-corrected chi connectivity index (χ4v) is 5.02. The van der Waals surface area contributed by atoms with Gasteiger partial charge in [0.25, 0.3) is 11.1 Å². The summed E-state index contributed by atoms with van der Waals surface area (Å²) in [5.41, 5.74) is 2.35. The van der Waals surface area contributed by atoms with Crippen molar-refractivity contribution in [2.75, 3.05) is 7.11 Å². The SMILES string of the molecule is COc1cc(/C=C2\SC(=O)N(Cc3ccc(Cl)cc3)C2=O)cc(Br)c1OCc1ccccc1Cl. The van der Waals surface area contributed by atoms with Gasteiger partial charge in [0.15, 0.2) is 11.5 Å². The summed E-state index contributed by atoms with van der Waals surface area (Å²) in [5.74, 6) is 0.641. The van der Waals surface area contributed by atoms with Gasteiger partial charge < -0.3 is 9.47 Å². The van der Waals surface area contributed by atoms with E-state index in [1.165, 1.54) is 12.0 Å². The van der Waals surface area contributed by atoms with Crippen LogP contribution in [0, 0.1) is 0 Å². The Balaban J connectivity index is 1.53. The summed E-state index contributed by atoms with van der Waals surface area (Å²) in [6.07, 6.45) is 1.66. The highest BCUT2D eigenvalue weighted by atomic mass is 79.9. The normalized spacial score (nSPS) is 14.7. The quantitative estimate of drug-likeness (QED) is 0.270. The number of ether oxygens (including phenoxy) is 2. The zero-order chi connectivity index (χ0) is 24.2. The van der Waals surface area contributed by atoms with E-state index in [1.807, 2.05) is 18.2 Å². The van der Waals surface area contributed by atoms with E-state index >= 15 is 0 Å². The van der Waals surface area contributed by atoms with Crippen LogP contribution in [0.2, 0.25) is 10.0 Å². The molecule has 5 nitrogen and oxygen atoms in total. The first-order valence-electron chi connectivity index (χ1n) is 10.1. The number of amides is 2. The van der Waals surface area contributed by atoms with Gasteiger partial charge >= 0.3 is 0 Å². The third-order valence-corrected chi connectivity index (χ3v) is 7.12. The van der Waals surface area contributed by atoms with Crippen LogP contribution in [-0.4, -0.2) is 23.2 Å². The minimum Gasteiger partial charge on any atom is -0.493 e. The zero-order valence-electron chi connectivity index (χ0n) is 17.9. The molecule has 0 N–H and O–H groups in total. The van der Waals surface area contributed by atoms with Gasteiger partial charge in [-0.25, -0.2) is 0 Å². The van der Waals surface area contributed by atoms with Gasteiger partial charge in [0, 0.05) is 15.6 Å². The Morgan fingerprint density at radius 2 is 1.79 bits per heavy atom. The topological polar surface area (TPSA) is 55.8 Å². The molecule has 174 valence electrons. The molecule has 0 aliphatic carbocycles. The third-order valence-electron chi connectivity index (χ3n) is 5.01. The summed E-state index contributed by atoms with van der Waals surface area (Å²) < 4.78 is 12.1. The molecule has 0 unspecified atom stereocenters. The molecule has 1 saturated heterocycles. The van der Waals surface area contributed by atoms with Gasteiger partial charge in [-0.15, -0.1) is 0 Å². The number of imide groups is 1. The largest absolute Gasteiger partial charge is 0.493 e. The average Bonchev–Trinajstić information content (AvgIpc) is 3.07. The molecule has 0 radical (unpaired) electrons. The molecule has 0 aromatic heterocycles. The molecular formula is C25H18BrCl2NO4S. The molecule has 3 aromatic rings. The van der Waals surface area contributed by atoms with Crippen LogP contribution in [0.3, 0.4) is 0 Å². The minimum absolute atomic E-state index is 0.182. The van der Waals surface area contributed by atoms with E-state index < -0.39 is 0 Å². The van der Waals surface area contributed by atoms with Crippen molar-refractivity contribution < 1.29 is 19.1 Å². The fraction of sp³-hybridized carbons (Fsp3) is 0.120. The molecule has 9 heteroatoms. The van der Waals surface area contributed by atoms with Crippen molar-refractivity contribution in [3.05, 3.63) is 96.8 Å². The summed E-state index contributed by atoms with van der Waals surface area (Å²) in [6.45, 7) is 0.443. The predicted octanol–water partition coefficient (Wildman–Crippen LogP) is 7.58. The molecule has 0 spiro atoms. The monoisotopic (exact) mass is 577 g/mol. The van der Waals surface area contributed by atoms with Gasteiger partial charge in [-0.1, -0.05) is 53.5 Å². The van der Waals surface area contributed by atoms with Gasteiger partial charge in [-0.2, -0.15) is 0 Å². The smallest absolute Gasteiger partial charge is 0.293 e. The Kier molecular flexibility index (Phi) is 7.88. The predicted molar refractivity (Wildman–Crippen MR) is 139 cm³/mol. The maximum Gasteiger partial charge on any atom is 0.293 e. The Bertz CT molecular complexity index is 1280. The second-order valence-electron chi connectivity index (χ2n) is 7.31.